The fraction of sp³-hybridized carbons (Fsp3) is 1.00. The van der Waals surface area contributed by atoms with Gasteiger partial charge in [0.1, 0.15) is 0 Å². The largest absolute Gasteiger partial charge is 0.0593 e. The van der Waals surface area contributed by atoms with E-state index in [1.807, 2.05) is 0 Å². The summed E-state index contributed by atoms with van der Waals surface area (Å²) in [6, 6.07) is 0. The molecule has 0 aromatic rings. The van der Waals surface area contributed by atoms with Crippen LogP contribution in [-0.2, 0) is 0 Å². The Labute approximate surface area is 87.5 Å². The standard InChI is InChI=1S/C14H22/c1-12(2)7-10-5-3-4-6-11(10)13-8-14(12,13)9-13/h10-11H,3-9H2,1-2H3. The summed E-state index contributed by atoms with van der Waals surface area (Å²) in [7, 11) is 0. The first kappa shape index (κ1) is 8.19. The summed E-state index contributed by atoms with van der Waals surface area (Å²) >= 11 is 0. The third-order valence-electron chi connectivity index (χ3n) is 6.62. The lowest BCUT2D eigenvalue weighted by Gasteiger charge is -2.42. The molecule has 0 nitrogen and oxygen atoms in total. The summed E-state index contributed by atoms with van der Waals surface area (Å²) in [5.41, 5.74) is 2.49. The molecule has 0 radical (unpaired) electrons. The predicted molar refractivity (Wildman–Crippen MR) is 57.9 cm³/mol. The lowest BCUT2D eigenvalue weighted by Crippen LogP contribution is -2.34. The molecule has 0 saturated heterocycles. The molecule has 14 heavy (non-hydrogen) atoms. The highest BCUT2D eigenvalue weighted by Crippen LogP contribution is 2.98. The van der Waals surface area contributed by atoms with E-state index >= 15 is 0 Å². The van der Waals surface area contributed by atoms with Crippen LogP contribution in [0.2, 0.25) is 0 Å². The van der Waals surface area contributed by atoms with Crippen molar-refractivity contribution in [3.05, 3.63) is 0 Å². The fourth-order valence-corrected chi connectivity index (χ4v) is 5.74. The lowest BCUT2D eigenvalue weighted by molar-refractivity contribution is 0.0715. The van der Waals surface area contributed by atoms with Crippen LogP contribution < -0.4 is 0 Å². The summed E-state index contributed by atoms with van der Waals surface area (Å²) in [6.45, 7) is 5.12. The summed E-state index contributed by atoms with van der Waals surface area (Å²) < 4.78 is 0. The zero-order valence-corrected chi connectivity index (χ0v) is 9.60. The molecule has 4 fully saturated rings. The molecule has 0 aliphatic heterocycles. The Kier molecular flexibility index (Phi) is 1.14. The summed E-state index contributed by atoms with van der Waals surface area (Å²) in [5.74, 6) is 2.29. The summed E-state index contributed by atoms with van der Waals surface area (Å²) in [4.78, 5) is 0. The molecule has 4 aliphatic rings. The van der Waals surface area contributed by atoms with Gasteiger partial charge in [0.05, 0.1) is 0 Å². The van der Waals surface area contributed by atoms with E-state index in [0.29, 0.717) is 5.41 Å². The van der Waals surface area contributed by atoms with E-state index in [0.717, 1.165) is 16.7 Å². The van der Waals surface area contributed by atoms with E-state index in [1.54, 1.807) is 38.5 Å². The van der Waals surface area contributed by atoms with Crippen molar-refractivity contribution in [3.8, 4) is 0 Å². The van der Waals surface area contributed by atoms with Crippen molar-refractivity contribution in [2.24, 2.45) is 28.1 Å². The molecular formula is C14H22. The van der Waals surface area contributed by atoms with Crippen LogP contribution in [0.5, 0.6) is 0 Å². The van der Waals surface area contributed by atoms with Crippen LogP contribution >= 0.6 is 0 Å². The van der Waals surface area contributed by atoms with Gasteiger partial charge in [-0.05, 0) is 53.8 Å². The van der Waals surface area contributed by atoms with Gasteiger partial charge in [-0.2, -0.15) is 0 Å². The van der Waals surface area contributed by atoms with Gasteiger partial charge in [0, 0.05) is 0 Å². The van der Waals surface area contributed by atoms with Gasteiger partial charge >= 0.3 is 0 Å². The van der Waals surface area contributed by atoms with E-state index in [4.69, 9.17) is 0 Å². The molecule has 0 aromatic heterocycles. The van der Waals surface area contributed by atoms with Gasteiger partial charge in [-0.1, -0.05) is 33.1 Å². The minimum absolute atomic E-state index is 0.700. The molecule has 78 valence electrons. The van der Waals surface area contributed by atoms with Crippen molar-refractivity contribution in [2.45, 2.75) is 58.8 Å². The molecule has 0 amide bonds. The molecule has 2 atom stereocenters. The molecule has 0 spiro atoms. The third kappa shape index (κ3) is 0.630. The van der Waals surface area contributed by atoms with Crippen LogP contribution in [0, 0.1) is 28.1 Å². The molecule has 4 aliphatic carbocycles. The van der Waals surface area contributed by atoms with Crippen molar-refractivity contribution >= 4 is 0 Å². The van der Waals surface area contributed by atoms with Gasteiger partial charge in [0.2, 0.25) is 0 Å². The first-order valence-electron chi connectivity index (χ1n) is 6.61. The molecule has 0 aromatic carbocycles. The highest BCUT2D eigenvalue weighted by atomic mass is 14.9. The number of fused-ring (bicyclic) bond motifs is 1. The van der Waals surface area contributed by atoms with Crippen LogP contribution in [0.3, 0.4) is 0 Å². The van der Waals surface area contributed by atoms with Crippen molar-refractivity contribution in [1.29, 1.82) is 0 Å². The second-order valence-electron chi connectivity index (χ2n) is 7.33. The first-order valence-corrected chi connectivity index (χ1v) is 6.61. The smallest absolute Gasteiger partial charge is 0.0175 e. The Hall–Kier alpha value is 0. The minimum Gasteiger partial charge on any atom is -0.0593 e. The Morgan fingerprint density at radius 1 is 1.00 bits per heavy atom. The first-order chi connectivity index (χ1) is 6.61. The molecule has 2 unspecified atom stereocenters. The molecule has 4 saturated carbocycles. The maximum atomic E-state index is 2.56. The minimum atomic E-state index is 0.700. The van der Waals surface area contributed by atoms with Gasteiger partial charge < -0.3 is 0 Å². The Morgan fingerprint density at radius 3 is 2.50 bits per heavy atom. The van der Waals surface area contributed by atoms with Gasteiger partial charge in [-0.15, -0.1) is 0 Å². The van der Waals surface area contributed by atoms with Crippen LogP contribution in [-0.4, -0.2) is 0 Å². The van der Waals surface area contributed by atoms with Gasteiger partial charge in [0.25, 0.3) is 0 Å². The van der Waals surface area contributed by atoms with E-state index in [9.17, 15) is 0 Å². The van der Waals surface area contributed by atoms with Crippen molar-refractivity contribution < 1.29 is 0 Å². The molecule has 4 rings (SSSR count). The van der Waals surface area contributed by atoms with E-state index < -0.39 is 0 Å². The summed E-state index contributed by atoms with van der Waals surface area (Å²) in [6.07, 6.45) is 11.0. The Bertz CT molecular complexity index is 293. The highest BCUT2D eigenvalue weighted by molar-refractivity contribution is 5.39. The summed E-state index contributed by atoms with van der Waals surface area (Å²) in [5, 5.41) is 0. The van der Waals surface area contributed by atoms with Crippen LogP contribution in [0.1, 0.15) is 58.8 Å². The fourth-order valence-electron chi connectivity index (χ4n) is 5.74. The zero-order chi connectivity index (χ0) is 9.60. The normalized spacial score (nSPS) is 62.1. The zero-order valence-electron chi connectivity index (χ0n) is 9.60. The molecular weight excluding hydrogens is 168 g/mol. The van der Waals surface area contributed by atoms with Crippen molar-refractivity contribution in [3.63, 3.8) is 0 Å². The van der Waals surface area contributed by atoms with Gasteiger partial charge in [-0.25, -0.2) is 0 Å². The monoisotopic (exact) mass is 190 g/mol. The van der Waals surface area contributed by atoms with E-state index in [-0.39, 0.29) is 0 Å². The topological polar surface area (TPSA) is 0 Å². The average molecular weight is 190 g/mol. The SMILES string of the molecule is CC1(C)CC2CCCCC2C23CC12C3. The van der Waals surface area contributed by atoms with E-state index in [2.05, 4.69) is 13.8 Å². The molecule has 0 N–H and O–H groups in total. The Morgan fingerprint density at radius 2 is 1.71 bits per heavy atom. The molecule has 0 heterocycles. The maximum absolute atomic E-state index is 2.56. The third-order valence-corrected chi connectivity index (χ3v) is 6.62. The van der Waals surface area contributed by atoms with Crippen molar-refractivity contribution in [2.75, 3.05) is 0 Å². The number of rotatable bonds is 0. The Balaban J connectivity index is 1.73. The average Bonchev–Trinajstić information content (AvgIpc) is 2.88. The number of hydrogen-bond donors (Lipinski definition) is 0. The van der Waals surface area contributed by atoms with Crippen molar-refractivity contribution in [1.82, 2.24) is 0 Å². The second-order valence-corrected chi connectivity index (χ2v) is 7.33. The molecule has 0 heteroatoms. The van der Waals surface area contributed by atoms with E-state index in [1.165, 1.54) is 12.3 Å². The van der Waals surface area contributed by atoms with Crippen LogP contribution in [0.15, 0.2) is 0 Å². The quantitative estimate of drug-likeness (QED) is 0.541. The number of hydrogen-bond acceptors (Lipinski definition) is 0. The van der Waals surface area contributed by atoms with Gasteiger partial charge in [0.15, 0.2) is 0 Å². The van der Waals surface area contributed by atoms with Gasteiger partial charge in [-0.3, -0.25) is 0 Å². The molecule has 0 bridgehead atoms. The highest BCUT2D eigenvalue weighted by Gasteiger charge is 2.90. The van der Waals surface area contributed by atoms with Crippen LogP contribution in [0.25, 0.3) is 0 Å². The lowest BCUT2D eigenvalue weighted by atomic mass is 9.63. The van der Waals surface area contributed by atoms with Crippen LogP contribution in [0.4, 0.5) is 0 Å². The maximum Gasteiger partial charge on any atom is -0.0175 e. The predicted octanol–water partition coefficient (Wildman–Crippen LogP) is 4.00. The second kappa shape index (κ2) is 1.95.